The molecule has 1 heterocycles. The summed E-state index contributed by atoms with van der Waals surface area (Å²) < 4.78 is 53.4. The van der Waals surface area contributed by atoms with E-state index in [0.29, 0.717) is 12.8 Å². The Hall–Kier alpha value is -2.22. The van der Waals surface area contributed by atoms with Gasteiger partial charge in [0.2, 0.25) is 5.91 Å². The minimum Gasteiger partial charge on any atom is -0.389 e. The molecule has 1 aromatic carbocycles. The average Bonchev–Trinajstić information content (AvgIpc) is 2.75. The molecular weight excluding hydrogens is 532 g/mol. The maximum absolute atomic E-state index is 13.0. The van der Waals surface area contributed by atoms with Crippen LogP contribution in [-0.4, -0.2) is 81.1 Å². The predicted molar refractivity (Wildman–Crippen MR) is 146 cm³/mol. The van der Waals surface area contributed by atoms with E-state index < -0.39 is 55.6 Å². The molecule has 0 radical (unpaired) electrons. The molecule has 11 nitrogen and oxygen atoms in total. The van der Waals surface area contributed by atoms with E-state index in [1.165, 1.54) is 4.90 Å². The lowest BCUT2D eigenvalue weighted by Crippen LogP contribution is -2.56. The van der Waals surface area contributed by atoms with E-state index in [1.807, 2.05) is 48.9 Å². The number of nitrogens with one attached hydrogen (secondary N) is 3. The Labute approximate surface area is 226 Å². The van der Waals surface area contributed by atoms with E-state index in [2.05, 4.69) is 10.0 Å². The largest absolute Gasteiger partial charge is 0.389 e. The molecule has 1 fully saturated rings. The van der Waals surface area contributed by atoms with Crippen molar-refractivity contribution in [3.63, 3.8) is 0 Å². The number of urea groups is 1. The van der Waals surface area contributed by atoms with Crippen LogP contribution in [-0.2, 0) is 31.3 Å². The van der Waals surface area contributed by atoms with Crippen LogP contribution in [0.3, 0.4) is 0 Å². The number of hydrogen-bond acceptors (Lipinski definition) is 7. The third-order valence-electron chi connectivity index (χ3n) is 5.87. The monoisotopic (exact) mass is 574 g/mol. The van der Waals surface area contributed by atoms with E-state index in [1.54, 1.807) is 20.8 Å². The first kappa shape index (κ1) is 32.0. The predicted octanol–water partition coefficient (Wildman–Crippen LogP) is 1.20. The summed E-state index contributed by atoms with van der Waals surface area (Å²) in [4.78, 5) is 27.2. The Morgan fingerprint density at radius 2 is 1.76 bits per heavy atom. The van der Waals surface area contributed by atoms with Crippen molar-refractivity contribution < 1.29 is 31.5 Å². The summed E-state index contributed by atoms with van der Waals surface area (Å²) in [6.07, 6.45) is -0.207. The number of sulfone groups is 1. The fraction of sp³-hybridized carbons (Fsp3) is 0.680. The molecule has 0 saturated carbocycles. The van der Waals surface area contributed by atoms with Crippen molar-refractivity contribution in [1.29, 1.82) is 0 Å². The number of rotatable bonds is 11. The number of carbonyl (C=O) groups is 2. The first-order chi connectivity index (χ1) is 17.5. The van der Waals surface area contributed by atoms with Gasteiger partial charge in [0.1, 0.15) is 0 Å². The van der Waals surface area contributed by atoms with E-state index in [9.17, 15) is 31.5 Å². The third kappa shape index (κ3) is 11.3. The number of aliphatic hydroxyl groups excluding tert-OH is 1. The zero-order chi connectivity index (χ0) is 28.7. The molecule has 3 atom stereocenters. The number of benzene rings is 1. The maximum Gasteiger partial charge on any atom is 0.332 e. The van der Waals surface area contributed by atoms with Gasteiger partial charge in [0, 0.05) is 12.1 Å². The second kappa shape index (κ2) is 13.2. The summed E-state index contributed by atoms with van der Waals surface area (Å²) in [5, 5.41) is 14.0. The van der Waals surface area contributed by atoms with Gasteiger partial charge in [-0.25, -0.2) is 17.9 Å². The summed E-state index contributed by atoms with van der Waals surface area (Å²) in [6, 6.07) is 7.39. The van der Waals surface area contributed by atoms with Crippen LogP contribution in [0.2, 0.25) is 0 Å². The van der Waals surface area contributed by atoms with Crippen LogP contribution >= 0.6 is 0 Å². The Kier molecular flexibility index (Phi) is 11.1. The van der Waals surface area contributed by atoms with Gasteiger partial charge in [0.15, 0.2) is 9.84 Å². The Bertz CT molecular complexity index is 1150. The number of hydrogen-bond donors (Lipinski definition) is 4. The maximum atomic E-state index is 13.0. The van der Waals surface area contributed by atoms with Crippen molar-refractivity contribution in [3.8, 4) is 0 Å². The Morgan fingerprint density at radius 3 is 2.32 bits per heavy atom. The van der Waals surface area contributed by atoms with Crippen molar-refractivity contribution in [3.05, 3.63) is 35.9 Å². The van der Waals surface area contributed by atoms with Gasteiger partial charge in [-0.1, -0.05) is 44.2 Å². The molecule has 0 aliphatic carbocycles. The fourth-order valence-corrected chi connectivity index (χ4v) is 7.24. The quantitative estimate of drug-likeness (QED) is 0.309. The lowest BCUT2D eigenvalue weighted by molar-refractivity contribution is -0.126. The minimum absolute atomic E-state index is 0.0409. The minimum atomic E-state index is -4.17. The van der Waals surface area contributed by atoms with Gasteiger partial charge in [-0.3, -0.25) is 4.79 Å². The van der Waals surface area contributed by atoms with Crippen LogP contribution in [0.25, 0.3) is 0 Å². The summed E-state index contributed by atoms with van der Waals surface area (Å²) >= 11 is 0. The second-order valence-electron chi connectivity index (χ2n) is 11.4. The highest BCUT2D eigenvalue weighted by molar-refractivity contribution is 7.91. The van der Waals surface area contributed by atoms with Crippen LogP contribution in [0.1, 0.15) is 53.0 Å². The zero-order valence-electron chi connectivity index (χ0n) is 22.8. The first-order valence-electron chi connectivity index (χ1n) is 12.8. The first-order valence-corrected chi connectivity index (χ1v) is 16.1. The van der Waals surface area contributed by atoms with Crippen LogP contribution in [0.5, 0.6) is 0 Å². The number of nitrogens with zero attached hydrogens (tertiary/aromatic N) is 1. The molecule has 0 spiro atoms. The molecule has 1 aromatic rings. The van der Waals surface area contributed by atoms with Crippen molar-refractivity contribution >= 4 is 32.0 Å². The molecule has 1 aliphatic rings. The Morgan fingerprint density at radius 1 is 1.13 bits per heavy atom. The lowest BCUT2D eigenvalue weighted by Gasteiger charge is -2.32. The molecule has 1 unspecified atom stereocenters. The van der Waals surface area contributed by atoms with E-state index in [0.717, 1.165) is 5.56 Å². The van der Waals surface area contributed by atoms with Gasteiger partial charge >= 0.3 is 16.2 Å². The van der Waals surface area contributed by atoms with Crippen molar-refractivity contribution in [1.82, 2.24) is 19.7 Å². The van der Waals surface area contributed by atoms with Gasteiger partial charge in [-0.2, -0.15) is 13.1 Å². The van der Waals surface area contributed by atoms with Crippen LogP contribution in [0, 0.1) is 11.8 Å². The molecule has 2 rings (SSSR count). The standard InChI is InChI=1S/C25H42N4O7S2/c1-18(2)15-29(24(32)27-38(35,36)28-25(3,4)5)16-22(30)21(14-19-10-7-6-8-11-19)26-23(31)20-12-9-13-37(33,34)17-20/h6-8,10-11,18,20-22,28,30H,9,12-17H2,1-5H3,(H,26,31)(H,27,32)/t20?,21-,22+/m0/s1. The molecule has 38 heavy (non-hydrogen) atoms. The number of aliphatic hydroxyl groups is 1. The third-order valence-corrected chi connectivity index (χ3v) is 9.01. The van der Waals surface area contributed by atoms with Crippen molar-refractivity contribution in [2.75, 3.05) is 24.6 Å². The van der Waals surface area contributed by atoms with Gasteiger partial charge in [-0.15, -0.1) is 0 Å². The highest BCUT2D eigenvalue weighted by Crippen LogP contribution is 2.19. The topological polar surface area (TPSA) is 162 Å². The summed E-state index contributed by atoms with van der Waals surface area (Å²) in [7, 11) is -7.48. The van der Waals surface area contributed by atoms with Gasteiger partial charge < -0.3 is 15.3 Å². The van der Waals surface area contributed by atoms with Crippen LogP contribution in [0.4, 0.5) is 4.79 Å². The molecule has 0 aromatic heterocycles. The normalized spacial score (nSPS) is 19.4. The lowest BCUT2D eigenvalue weighted by atomic mass is 9.98. The number of amides is 3. The summed E-state index contributed by atoms with van der Waals surface area (Å²) in [5.74, 6) is -1.42. The highest BCUT2D eigenvalue weighted by atomic mass is 32.2. The van der Waals surface area contributed by atoms with Crippen LogP contribution in [0.15, 0.2) is 30.3 Å². The molecular formula is C25H42N4O7S2. The van der Waals surface area contributed by atoms with Gasteiger partial charge in [0.25, 0.3) is 0 Å². The number of carbonyl (C=O) groups excluding carboxylic acids is 2. The van der Waals surface area contributed by atoms with Crippen molar-refractivity contribution in [2.45, 2.75) is 71.6 Å². The summed E-state index contributed by atoms with van der Waals surface area (Å²) in [6.45, 7) is 8.52. The molecule has 1 saturated heterocycles. The SMILES string of the molecule is CC(C)CN(C[C@@H](O)[C@H](Cc1ccccc1)NC(=O)C1CCCS(=O)(=O)C1)C(=O)NS(=O)(=O)NC(C)(C)C. The fourth-order valence-electron chi connectivity index (χ4n) is 4.32. The smallest absolute Gasteiger partial charge is 0.332 e. The van der Waals surface area contributed by atoms with E-state index in [4.69, 9.17) is 0 Å². The van der Waals surface area contributed by atoms with Gasteiger partial charge in [-0.05, 0) is 51.5 Å². The second-order valence-corrected chi connectivity index (χ2v) is 15.0. The average molecular weight is 575 g/mol. The Balaban J connectivity index is 2.23. The molecule has 4 N–H and O–H groups in total. The highest BCUT2D eigenvalue weighted by Gasteiger charge is 2.34. The van der Waals surface area contributed by atoms with E-state index in [-0.39, 0.29) is 36.9 Å². The molecule has 1 aliphatic heterocycles. The molecule has 13 heteroatoms. The van der Waals surface area contributed by atoms with Gasteiger partial charge in [0.05, 0.1) is 36.1 Å². The van der Waals surface area contributed by atoms with E-state index >= 15 is 0 Å². The van der Waals surface area contributed by atoms with Crippen molar-refractivity contribution in [2.24, 2.45) is 11.8 Å². The molecule has 0 bridgehead atoms. The molecule has 3 amide bonds. The zero-order valence-corrected chi connectivity index (χ0v) is 24.4. The molecule has 216 valence electrons. The summed E-state index contributed by atoms with van der Waals surface area (Å²) in [5.41, 5.74) is 0.0107. The van der Waals surface area contributed by atoms with Crippen LogP contribution < -0.4 is 14.8 Å².